The monoisotopic (exact) mass is 335 g/mol. The molecular formula is C15H17N3O2S2. The van der Waals surface area contributed by atoms with Gasteiger partial charge >= 0.3 is 0 Å². The lowest BCUT2D eigenvalue weighted by molar-refractivity contribution is -0.106. The molecule has 116 valence electrons. The Labute approximate surface area is 137 Å². The van der Waals surface area contributed by atoms with Crippen LogP contribution in [0.1, 0.15) is 11.8 Å². The van der Waals surface area contributed by atoms with Crippen molar-refractivity contribution in [1.29, 1.82) is 5.41 Å². The highest BCUT2D eigenvalue weighted by Gasteiger charge is 2.17. The summed E-state index contributed by atoms with van der Waals surface area (Å²) >= 11 is 2.93. The number of rotatable bonds is 7. The van der Waals surface area contributed by atoms with Gasteiger partial charge in [-0.2, -0.15) is 0 Å². The van der Waals surface area contributed by atoms with Crippen LogP contribution in [0.2, 0.25) is 0 Å². The summed E-state index contributed by atoms with van der Waals surface area (Å²) in [5.74, 6) is 0.765. The third-order valence-electron chi connectivity index (χ3n) is 2.92. The zero-order chi connectivity index (χ0) is 16.1. The number of thiophene rings is 1. The number of benzene rings is 1. The lowest BCUT2D eigenvalue weighted by Gasteiger charge is -2.17. The number of carbonyl (C=O) groups excluding carboxylic acids is 1. The minimum atomic E-state index is 0.00379. The number of amides is 1. The summed E-state index contributed by atoms with van der Waals surface area (Å²) in [4.78, 5) is 13.8. The van der Waals surface area contributed by atoms with Crippen LogP contribution in [0.4, 0.5) is 11.4 Å². The molecule has 2 rings (SSSR count). The number of ether oxygens (including phenoxy) is 1. The maximum atomic E-state index is 11.6. The van der Waals surface area contributed by atoms with E-state index >= 15 is 0 Å². The number of nitrogen functional groups attached to an aromatic ring is 1. The van der Waals surface area contributed by atoms with Crippen molar-refractivity contribution in [1.82, 2.24) is 0 Å². The van der Waals surface area contributed by atoms with Crippen LogP contribution < -0.4 is 15.4 Å². The van der Waals surface area contributed by atoms with E-state index in [9.17, 15) is 4.79 Å². The molecule has 0 atom stereocenters. The second-order valence-corrected chi connectivity index (χ2v) is 6.43. The van der Waals surface area contributed by atoms with Crippen LogP contribution in [0.15, 0.2) is 34.5 Å². The average Bonchev–Trinajstić information content (AvgIpc) is 2.94. The van der Waals surface area contributed by atoms with Crippen molar-refractivity contribution in [3.63, 3.8) is 0 Å². The van der Waals surface area contributed by atoms with Crippen LogP contribution in [-0.4, -0.2) is 25.1 Å². The van der Waals surface area contributed by atoms with Crippen molar-refractivity contribution >= 4 is 46.7 Å². The Morgan fingerprint density at radius 3 is 2.64 bits per heavy atom. The minimum absolute atomic E-state index is 0.00379. The molecule has 0 spiro atoms. The molecule has 0 fully saturated rings. The van der Waals surface area contributed by atoms with E-state index in [2.05, 4.69) is 0 Å². The van der Waals surface area contributed by atoms with E-state index in [-0.39, 0.29) is 5.84 Å². The first-order chi connectivity index (χ1) is 10.6. The number of amidine groups is 1. The zero-order valence-electron chi connectivity index (χ0n) is 12.3. The van der Waals surface area contributed by atoms with E-state index in [1.54, 1.807) is 11.0 Å². The minimum Gasteiger partial charge on any atom is -0.494 e. The molecule has 5 nitrogen and oxygen atoms in total. The van der Waals surface area contributed by atoms with Crippen molar-refractivity contribution in [2.75, 3.05) is 17.8 Å². The van der Waals surface area contributed by atoms with Gasteiger partial charge < -0.3 is 10.5 Å². The number of anilines is 2. The van der Waals surface area contributed by atoms with Gasteiger partial charge in [0.1, 0.15) is 11.6 Å². The van der Waals surface area contributed by atoms with Gasteiger partial charge in [0.05, 0.1) is 21.4 Å². The Balaban J connectivity index is 2.39. The van der Waals surface area contributed by atoms with Crippen LogP contribution in [0.25, 0.3) is 0 Å². The second kappa shape index (κ2) is 7.33. The molecule has 1 amide bonds. The van der Waals surface area contributed by atoms with E-state index in [0.29, 0.717) is 11.5 Å². The number of carbonyl (C=O) groups is 1. The fourth-order valence-electron chi connectivity index (χ4n) is 1.94. The Hall–Kier alpha value is -1.99. The van der Waals surface area contributed by atoms with Gasteiger partial charge in [-0.1, -0.05) is 0 Å². The Kier molecular flexibility index (Phi) is 5.46. The molecule has 22 heavy (non-hydrogen) atoms. The number of nitrogens with two attached hydrogens (primary N) is 1. The molecule has 0 bridgehead atoms. The molecule has 1 aromatic carbocycles. The highest BCUT2D eigenvalue weighted by molar-refractivity contribution is 8.00. The Morgan fingerprint density at radius 1 is 1.45 bits per heavy atom. The number of nitrogens with one attached hydrogen (secondary N) is 1. The molecule has 7 heteroatoms. The molecule has 1 heterocycles. The molecular weight excluding hydrogens is 318 g/mol. The van der Waals surface area contributed by atoms with Gasteiger partial charge in [0.2, 0.25) is 6.41 Å². The summed E-state index contributed by atoms with van der Waals surface area (Å²) in [5, 5.41) is 7.55. The summed E-state index contributed by atoms with van der Waals surface area (Å²) < 4.78 is 6.34. The third kappa shape index (κ3) is 3.42. The molecule has 0 radical (unpaired) electrons. The SMILES string of the molecule is CCOc1ccc(N(C=O)c2cc(C(=N)N)sc2SC)cc1. The summed E-state index contributed by atoms with van der Waals surface area (Å²) in [6, 6.07) is 9.07. The standard InChI is InChI=1S/C15H17N3O2S2/c1-3-20-11-6-4-10(5-7-11)18(9-19)12-8-13(14(16)17)22-15(12)21-2/h4-9H,3H2,1-2H3,(H3,16,17). The largest absolute Gasteiger partial charge is 0.494 e. The molecule has 0 saturated heterocycles. The number of hydrogen-bond donors (Lipinski definition) is 2. The highest BCUT2D eigenvalue weighted by atomic mass is 32.2. The number of nitrogens with zero attached hydrogens (tertiary/aromatic N) is 1. The third-order valence-corrected chi connectivity index (χ3v) is 5.20. The van der Waals surface area contributed by atoms with Crippen molar-refractivity contribution < 1.29 is 9.53 Å². The topological polar surface area (TPSA) is 79.4 Å². The van der Waals surface area contributed by atoms with E-state index in [1.165, 1.54) is 23.1 Å². The summed E-state index contributed by atoms with van der Waals surface area (Å²) in [5.41, 5.74) is 7.02. The maximum Gasteiger partial charge on any atom is 0.218 e. The van der Waals surface area contributed by atoms with E-state index in [0.717, 1.165) is 27.7 Å². The van der Waals surface area contributed by atoms with Gasteiger partial charge in [0.15, 0.2) is 0 Å². The van der Waals surface area contributed by atoms with Crippen LogP contribution in [-0.2, 0) is 4.79 Å². The predicted octanol–water partition coefficient (Wildman–Crippen LogP) is 3.45. The highest BCUT2D eigenvalue weighted by Crippen LogP contribution is 2.39. The average molecular weight is 335 g/mol. The van der Waals surface area contributed by atoms with Gasteiger partial charge in [-0.05, 0) is 43.5 Å². The molecule has 2 aromatic rings. The lowest BCUT2D eigenvalue weighted by atomic mass is 10.2. The van der Waals surface area contributed by atoms with Crippen LogP contribution in [0.5, 0.6) is 5.75 Å². The van der Waals surface area contributed by atoms with E-state index < -0.39 is 0 Å². The Bertz CT molecular complexity index is 668. The van der Waals surface area contributed by atoms with Crippen molar-refractivity contribution in [3.8, 4) is 5.75 Å². The lowest BCUT2D eigenvalue weighted by Crippen LogP contribution is -2.14. The number of hydrogen-bond acceptors (Lipinski definition) is 5. The van der Waals surface area contributed by atoms with E-state index in [4.69, 9.17) is 15.9 Å². The number of thioether (sulfide) groups is 1. The van der Waals surface area contributed by atoms with Crippen LogP contribution >= 0.6 is 23.1 Å². The van der Waals surface area contributed by atoms with Crippen molar-refractivity contribution in [2.45, 2.75) is 11.1 Å². The molecule has 0 unspecified atom stereocenters. The summed E-state index contributed by atoms with van der Waals surface area (Å²) in [6.45, 7) is 2.52. The quantitative estimate of drug-likeness (QED) is 0.351. The fourth-order valence-corrected chi connectivity index (χ4v) is 3.65. The fraction of sp³-hybridized carbons (Fsp3) is 0.200. The van der Waals surface area contributed by atoms with E-state index in [1.807, 2.05) is 37.4 Å². The summed E-state index contributed by atoms with van der Waals surface area (Å²) in [7, 11) is 0. The zero-order valence-corrected chi connectivity index (χ0v) is 14.0. The van der Waals surface area contributed by atoms with Crippen LogP contribution in [0, 0.1) is 5.41 Å². The van der Waals surface area contributed by atoms with Gasteiger partial charge in [-0.3, -0.25) is 15.1 Å². The first kappa shape index (κ1) is 16.4. The van der Waals surface area contributed by atoms with Gasteiger partial charge in [0, 0.05) is 5.69 Å². The van der Waals surface area contributed by atoms with Gasteiger partial charge in [-0.15, -0.1) is 23.1 Å². The van der Waals surface area contributed by atoms with Crippen LogP contribution in [0.3, 0.4) is 0 Å². The van der Waals surface area contributed by atoms with Gasteiger partial charge in [0.25, 0.3) is 0 Å². The summed E-state index contributed by atoms with van der Waals surface area (Å²) in [6.07, 6.45) is 2.70. The maximum absolute atomic E-state index is 11.6. The molecule has 0 aliphatic rings. The Morgan fingerprint density at radius 2 is 2.14 bits per heavy atom. The van der Waals surface area contributed by atoms with Crippen molar-refractivity contribution in [3.05, 3.63) is 35.2 Å². The molecule has 3 N–H and O–H groups in total. The molecule has 0 saturated carbocycles. The first-order valence-corrected chi connectivity index (χ1v) is 8.64. The molecule has 0 aliphatic carbocycles. The second-order valence-electron chi connectivity index (χ2n) is 4.30. The van der Waals surface area contributed by atoms with Gasteiger partial charge in [-0.25, -0.2) is 0 Å². The molecule has 1 aromatic heterocycles. The first-order valence-electron chi connectivity index (χ1n) is 6.60. The van der Waals surface area contributed by atoms with Crippen molar-refractivity contribution in [2.24, 2.45) is 5.73 Å². The normalized spacial score (nSPS) is 10.3. The smallest absolute Gasteiger partial charge is 0.218 e. The molecule has 0 aliphatic heterocycles. The predicted molar refractivity (Wildman–Crippen MR) is 92.9 cm³/mol.